The Kier molecular flexibility index (Phi) is 8.01. The molecule has 5 rings (SSSR count). The highest BCUT2D eigenvalue weighted by Gasteiger charge is 2.18. The molecule has 2 heterocycles. The molecule has 0 fully saturated rings. The third-order valence-electron chi connectivity index (χ3n) is 5.85. The minimum Gasteiger partial charge on any atom is -0.497 e. The summed E-state index contributed by atoms with van der Waals surface area (Å²) >= 11 is 7.83. The summed E-state index contributed by atoms with van der Waals surface area (Å²) in [6.45, 7) is 0.426. The number of aromatic nitrogens is 4. The van der Waals surface area contributed by atoms with Crippen molar-refractivity contribution < 1.29 is 9.53 Å². The predicted octanol–water partition coefficient (Wildman–Crippen LogP) is 6.21. The van der Waals surface area contributed by atoms with E-state index in [-0.39, 0.29) is 5.91 Å². The number of nitrogens with one attached hydrogen (secondary N) is 1. The fourth-order valence-electron chi connectivity index (χ4n) is 3.95. The minimum absolute atomic E-state index is 0.133. The Morgan fingerprint density at radius 3 is 2.61 bits per heavy atom. The normalized spacial score (nSPS) is 10.8. The summed E-state index contributed by atoms with van der Waals surface area (Å²) in [4.78, 5) is 17.0. The zero-order chi connectivity index (χ0) is 26.3. The first-order chi connectivity index (χ1) is 18.6. The van der Waals surface area contributed by atoms with Gasteiger partial charge in [0.1, 0.15) is 5.75 Å². The van der Waals surface area contributed by atoms with Gasteiger partial charge in [0.2, 0.25) is 0 Å². The van der Waals surface area contributed by atoms with E-state index >= 15 is 0 Å². The molecule has 9 heteroatoms. The van der Waals surface area contributed by atoms with Crippen molar-refractivity contribution in [1.82, 2.24) is 25.1 Å². The number of hydrogen-bond donors (Lipinski definition) is 1. The van der Waals surface area contributed by atoms with Gasteiger partial charge in [-0.2, -0.15) is 0 Å². The van der Waals surface area contributed by atoms with Crippen LogP contribution in [0.3, 0.4) is 0 Å². The Hall–Kier alpha value is -4.14. The summed E-state index contributed by atoms with van der Waals surface area (Å²) in [6, 6.07) is 26.6. The molecule has 0 saturated carbocycles. The summed E-state index contributed by atoms with van der Waals surface area (Å²) < 4.78 is 7.38. The monoisotopic (exact) mass is 541 g/mol. The third-order valence-corrected chi connectivity index (χ3v) is 7.06. The molecule has 38 heavy (non-hydrogen) atoms. The Balaban J connectivity index is 1.42. The number of methoxy groups -OCH3 is 1. The van der Waals surface area contributed by atoms with Gasteiger partial charge in [0.15, 0.2) is 11.0 Å². The second kappa shape index (κ2) is 11.9. The maximum absolute atomic E-state index is 13.0. The molecule has 1 N–H and O–H groups in total. The Labute approximate surface area is 229 Å². The molecular formula is C29H24ClN5O2S. The molecule has 0 bridgehead atoms. The van der Waals surface area contributed by atoms with Crippen molar-refractivity contribution in [2.24, 2.45) is 0 Å². The van der Waals surface area contributed by atoms with E-state index in [9.17, 15) is 4.79 Å². The first-order valence-corrected chi connectivity index (χ1v) is 13.2. The van der Waals surface area contributed by atoms with E-state index < -0.39 is 0 Å². The van der Waals surface area contributed by atoms with E-state index in [1.807, 2.05) is 89.5 Å². The van der Waals surface area contributed by atoms with Gasteiger partial charge in [0.25, 0.3) is 5.91 Å². The lowest BCUT2D eigenvalue weighted by Gasteiger charge is -2.13. The Morgan fingerprint density at radius 2 is 1.79 bits per heavy atom. The van der Waals surface area contributed by atoms with E-state index in [0.717, 1.165) is 28.1 Å². The Bertz CT molecular complexity index is 1560. The van der Waals surface area contributed by atoms with E-state index in [1.54, 1.807) is 19.5 Å². The molecule has 1 amide bonds. The molecule has 0 aliphatic carbocycles. The van der Waals surface area contributed by atoms with Crippen LogP contribution in [-0.4, -0.2) is 32.8 Å². The summed E-state index contributed by atoms with van der Waals surface area (Å²) in [5, 5.41) is 13.3. The number of ether oxygens (including phenoxy) is 1. The number of carbonyl (C=O) groups is 1. The molecule has 0 atom stereocenters. The number of pyridine rings is 1. The van der Waals surface area contributed by atoms with Gasteiger partial charge in [0.05, 0.1) is 12.8 Å². The minimum atomic E-state index is -0.133. The van der Waals surface area contributed by atoms with Crippen LogP contribution in [0.5, 0.6) is 5.75 Å². The number of halogens is 1. The molecule has 0 aliphatic rings. The van der Waals surface area contributed by atoms with Crippen LogP contribution >= 0.6 is 23.4 Å². The third kappa shape index (κ3) is 5.88. The molecule has 3 aromatic carbocycles. The standard InChI is InChI=1S/C29H24ClN5O2S/c1-37-25-10-4-7-21(16-25)27-33-34-29(35(27)24-9-5-8-23(30)17-24)38-19-22-6-2-3-11-26(22)28(36)32-18-20-12-14-31-15-13-20/h2-17H,18-19H2,1H3,(H,32,36). The van der Waals surface area contributed by atoms with Crippen molar-refractivity contribution >= 4 is 29.3 Å². The molecular weight excluding hydrogens is 518 g/mol. The first-order valence-electron chi connectivity index (χ1n) is 11.9. The van der Waals surface area contributed by atoms with Gasteiger partial charge in [-0.25, -0.2) is 0 Å². The molecule has 0 radical (unpaired) electrons. The van der Waals surface area contributed by atoms with Crippen LogP contribution in [0.25, 0.3) is 17.1 Å². The number of benzene rings is 3. The van der Waals surface area contributed by atoms with Gasteiger partial charge >= 0.3 is 0 Å². The van der Waals surface area contributed by atoms with Crippen molar-refractivity contribution in [3.63, 3.8) is 0 Å². The van der Waals surface area contributed by atoms with Crippen LogP contribution in [-0.2, 0) is 12.3 Å². The predicted molar refractivity (Wildman–Crippen MR) is 150 cm³/mol. The zero-order valence-corrected chi connectivity index (χ0v) is 22.1. The van der Waals surface area contributed by atoms with Gasteiger partial charge in [-0.1, -0.05) is 59.8 Å². The first kappa shape index (κ1) is 25.5. The number of carbonyl (C=O) groups excluding carboxylic acids is 1. The number of thioether (sulfide) groups is 1. The van der Waals surface area contributed by atoms with E-state index in [0.29, 0.717) is 33.9 Å². The molecule has 0 unspecified atom stereocenters. The van der Waals surface area contributed by atoms with Crippen molar-refractivity contribution in [3.05, 3.63) is 119 Å². The van der Waals surface area contributed by atoms with Gasteiger partial charge in [-0.3, -0.25) is 14.3 Å². The van der Waals surface area contributed by atoms with Gasteiger partial charge in [0, 0.05) is 40.8 Å². The topological polar surface area (TPSA) is 81.9 Å². The van der Waals surface area contributed by atoms with E-state index in [2.05, 4.69) is 20.5 Å². The Morgan fingerprint density at radius 1 is 0.974 bits per heavy atom. The van der Waals surface area contributed by atoms with Crippen molar-refractivity contribution in [2.75, 3.05) is 7.11 Å². The summed E-state index contributed by atoms with van der Waals surface area (Å²) in [6.07, 6.45) is 3.42. The van der Waals surface area contributed by atoms with Gasteiger partial charge in [-0.15, -0.1) is 10.2 Å². The summed E-state index contributed by atoms with van der Waals surface area (Å²) in [7, 11) is 1.63. The molecule has 190 valence electrons. The highest BCUT2D eigenvalue weighted by Crippen LogP contribution is 2.32. The van der Waals surface area contributed by atoms with E-state index in [1.165, 1.54) is 11.8 Å². The maximum Gasteiger partial charge on any atom is 0.251 e. The van der Waals surface area contributed by atoms with Crippen LogP contribution < -0.4 is 10.1 Å². The fraction of sp³-hybridized carbons (Fsp3) is 0.103. The fourth-order valence-corrected chi connectivity index (χ4v) is 5.09. The lowest BCUT2D eigenvalue weighted by Crippen LogP contribution is -2.23. The number of nitrogens with zero attached hydrogens (tertiary/aromatic N) is 4. The van der Waals surface area contributed by atoms with Crippen molar-refractivity contribution in [3.8, 4) is 22.8 Å². The van der Waals surface area contributed by atoms with Crippen LogP contribution in [0.4, 0.5) is 0 Å². The van der Waals surface area contributed by atoms with Gasteiger partial charge < -0.3 is 10.1 Å². The lowest BCUT2D eigenvalue weighted by molar-refractivity contribution is 0.0950. The maximum atomic E-state index is 13.0. The molecule has 2 aromatic heterocycles. The molecule has 0 saturated heterocycles. The second-order valence-electron chi connectivity index (χ2n) is 8.34. The smallest absolute Gasteiger partial charge is 0.251 e. The quantitative estimate of drug-likeness (QED) is 0.223. The van der Waals surface area contributed by atoms with Crippen LogP contribution in [0.1, 0.15) is 21.5 Å². The van der Waals surface area contributed by atoms with Crippen molar-refractivity contribution in [1.29, 1.82) is 0 Å². The largest absolute Gasteiger partial charge is 0.497 e. The van der Waals surface area contributed by atoms with Crippen molar-refractivity contribution in [2.45, 2.75) is 17.5 Å². The highest BCUT2D eigenvalue weighted by atomic mass is 35.5. The summed E-state index contributed by atoms with van der Waals surface area (Å²) in [5.74, 6) is 1.78. The van der Waals surface area contributed by atoms with Gasteiger partial charge in [-0.05, 0) is 59.7 Å². The summed E-state index contributed by atoms with van der Waals surface area (Å²) in [5.41, 5.74) is 4.20. The van der Waals surface area contributed by atoms with Crippen LogP contribution in [0.2, 0.25) is 5.02 Å². The number of hydrogen-bond acceptors (Lipinski definition) is 6. The molecule has 0 spiro atoms. The number of rotatable bonds is 9. The van der Waals surface area contributed by atoms with Crippen LogP contribution in [0.15, 0.2) is 102 Å². The van der Waals surface area contributed by atoms with E-state index in [4.69, 9.17) is 16.3 Å². The average Bonchev–Trinajstić information content (AvgIpc) is 3.39. The molecule has 7 nitrogen and oxygen atoms in total. The number of amides is 1. The SMILES string of the molecule is COc1cccc(-c2nnc(SCc3ccccc3C(=O)NCc3ccncc3)n2-c2cccc(Cl)c2)c1. The highest BCUT2D eigenvalue weighted by molar-refractivity contribution is 7.98. The molecule has 5 aromatic rings. The lowest BCUT2D eigenvalue weighted by atomic mass is 10.1. The van der Waals surface area contributed by atoms with Crippen LogP contribution in [0, 0.1) is 0 Å². The molecule has 0 aliphatic heterocycles. The average molecular weight is 542 g/mol. The second-order valence-corrected chi connectivity index (χ2v) is 9.72. The zero-order valence-electron chi connectivity index (χ0n) is 20.5.